The van der Waals surface area contributed by atoms with Crippen molar-refractivity contribution >= 4 is 23.4 Å². The van der Waals surface area contributed by atoms with Crippen LogP contribution >= 0.6 is 11.6 Å². The van der Waals surface area contributed by atoms with Crippen LogP contribution in [-0.2, 0) is 16.1 Å². The summed E-state index contributed by atoms with van der Waals surface area (Å²) in [5.74, 6) is -0.706. The molecule has 0 aliphatic carbocycles. The Balaban J connectivity index is 2.14. The first-order valence-electron chi connectivity index (χ1n) is 6.96. The summed E-state index contributed by atoms with van der Waals surface area (Å²) < 4.78 is 13.5. The van der Waals surface area contributed by atoms with Crippen molar-refractivity contribution in [3.05, 3.63) is 34.6 Å². The number of piperazine rings is 1. The molecule has 1 aromatic carbocycles. The molecule has 0 radical (unpaired) electrons. The zero-order chi connectivity index (χ0) is 15.6. The van der Waals surface area contributed by atoms with Crippen molar-refractivity contribution in [2.24, 2.45) is 0 Å². The summed E-state index contributed by atoms with van der Waals surface area (Å²) in [6.45, 7) is 4.55. The highest BCUT2D eigenvalue weighted by atomic mass is 35.5. The van der Waals surface area contributed by atoms with Crippen molar-refractivity contribution < 1.29 is 14.0 Å². The Hall–Kier alpha value is -1.62. The van der Waals surface area contributed by atoms with Gasteiger partial charge in [0, 0.05) is 13.1 Å². The monoisotopic (exact) mass is 312 g/mol. The number of halogens is 2. The van der Waals surface area contributed by atoms with Crippen LogP contribution < -0.4 is 0 Å². The summed E-state index contributed by atoms with van der Waals surface area (Å²) in [4.78, 5) is 27.5. The van der Waals surface area contributed by atoms with Gasteiger partial charge in [-0.05, 0) is 31.0 Å². The number of carbonyl (C=O) groups excluding carboxylic acids is 2. The summed E-state index contributed by atoms with van der Waals surface area (Å²) >= 11 is 5.64. The molecule has 1 fully saturated rings. The summed E-state index contributed by atoms with van der Waals surface area (Å²) in [5, 5.41) is 0.0435. The fourth-order valence-corrected chi connectivity index (χ4v) is 2.58. The van der Waals surface area contributed by atoms with E-state index >= 15 is 0 Å². The molecule has 1 heterocycles. The number of amides is 2. The van der Waals surface area contributed by atoms with Crippen LogP contribution in [0, 0.1) is 5.82 Å². The van der Waals surface area contributed by atoms with Crippen LogP contribution in [0.2, 0.25) is 5.02 Å². The molecule has 1 aromatic rings. The summed E-state index contributed by atoms with van der Waals surface area (Å²) in [7, 11) is 0. The molecular formula is C15H18ClFN2O2. The van der Waals surface area contributed by atoms with Crippen LogP contribution in [0.5, 0.6) is 0 Å². The number of rotatable bonds is 4. The fourth-order valence-electron chi connectivity index (χ4n) is 2.46. The van der Waals surface area contributed by atoms with E-state index in [1.54, 1.807) is 17.9 Å². The van der Waals surface area contributed by atoms with Crippen molar-refractivity contribution in [1.29, 1.82) is 0 Å². The third-order valence-corrected chi connectivity index (χ3v) is 3.92. The molecule has 0 bridgehead atoms. The van der Waals surface area contributed by atoms with Gasteiger partial charge < -0.3 is 9.80 Å². The minimum Gasteiger partial charge on any atom is -0.332 e. The Morgan fingerprint density at radius 2 is 2.10 bits per heavy atom. The molecule has 1 saturated heterocycles. The molecule has 1 aliphatic rings. The predicted octanol–water partition coefficient (Wildman–Crippen LogP) is 2.45. The number of hydrogen-bond acceptors (Lipinski definition) is 2. The third kappa shape index (κ3) is 3.35. The Bertz CT molecular complexity index is 565. The van der Waals surface area contributed by atoms with Gasteiger partial charge in [0.25, 0.3) is 0 Å². The lowest BCUT2D eigenvalue weighted by molar-refractivity contribution is -0.155. The van der Waals surface area contributed by atoms with Crippen LogP contribution in [0.15, 0.2) is 18.2 Å². The van der Waals surface area contributed by atoms with Gasteiger partial charge in [0.1, 0.15) is 11.9 Å². The zero-order valence-electron chi connectivity index (χ0n) is 12.1. The molecule has 0 spiro atoms. The van der Waals surface area contributed by atoms with Gasteiger partial charge in [-0.1, -0.05) is 24.6 Å². The fraction of sp³-hybridized carbons (Fsp3) is 0.467. The van der Waals surface area contributed by atoms with E-state index in [0.29, 0.717) is 12.1 Å². The van der Waals surface area contributed by atoms with Crippen LogP contribution in [0.4, 0.5) is 4.39 Å². The first-order chi connectivity index (χ1) is 9.93. The number of nitrogens with zero attached hydrogens (tertiary/aromatic N) is 2. The van der Waals surface area contributed by atoms with Crippen LogP contribution in [0.25, 0.3) is 0 Å². The quantitative estimate of drug-likeness (QED) is 0.857. The Kier molecular flexibility index (Phi) is 4.83. The molecule has 0 aromatic heterocycles. The molecule has 2 amide bonds. The topological polar surface area (TPSA) is 40.6 Å². The van der Waals surface area contributed by atoms with Crippen LogP contribution in [-0.4, -0.2) is 40.7 Å². The van der Waals surface area contributed by atoms with Crippen molar-refractivity contribution in [1.82, 2.24) is 9.80 Å². The lowest BCUT2D eigenvalue weighted by Crippen LogP contribution is -2.58. The zero-order valence-corrected chi connectivity index (χ0v) is 12.9. The van der Waals surface area contributed by atoms with Crippen LogP contribution in [0.3, 0.4) is 0 Å². The molecule has 0 N–H and O–H groups in total. The highest BCUT2D eigenvalue weighted by Crippen LogP contribution is 2.20. The van der Waals surface area contributed by atoms with Crippen molar-refractivity contribution in [2.45, 2.75) is 32.9 Å². The second-order valence-electron chi connectivity index (χ2n) is 5.21. The standard InChI is InChI=1S/C15H18ClFN2O2/c1-3-6-18-9-14(20)19(10(2)15(18)21)8-11-4-5-12(16)13(17)7-11/h4-5,7,10H,3,6,8-9H2,1-2H3/t10-/m1/s1. The number of carbonyl (C=O) groups is 2. The maximum Gasteiger partial charge on any atom is 0.245 e. The Morgan fingerprint density at radius 1 is 1.38 bits per heavy atom. The average Bonchev–Trinajstić information content (AvgIpc) is 2.45. The summed E-state index contributed by atoms with van der Waals surface area (Å²) in [6, 6.07) is 3.88. The van der Waals surface area contributed by atoms with Gasteiger partial charge in [-0.2, -0.15) is 0 Å². The lowest BCUT2D eigenvalue weighted by Gasteiger charge is -2.38. The number of hydrogen-bond donors (Lipinski definition) is 0. The molecule has 21 heavy (non-hydrogen) atoms. The second-order valence-corrected chi connectivity index (χ2v) is 5.61. The van der Waals surface area contributed by atoms with E-state index in [1.807, 2.05) is 6.92 Å². The van der Waals surface area contributed by atoms with Gasteiger partial charge in [-0.25, -0.2) is 4.39 Å². The highest BCUT2D eigenvalue weighted by molar-refractivity contribution is 6.30. The van der Waals surface area contributed by atoms with E-state index in [9.17, 15) is 14.0 Å². The van der Waals surface area contributed by atoms with Crippen molar-refractivity contribution in [3.8, 4) is 0 Å². The molecule has 6 heteroatoms. The summed E-state index contributed by atoms with van der Waals surface area (Å²) in [5.41, 5.74) is 0.619. The molecule has 1 aliphatic heterocycles. The third-order valence-electron chi connectivity index (χ3n) is 3.61. The molecule has 4 nitrogen and oxygen atoms in total. The predicted molar refractivity (Wildman–Crippen MR) is 78.3 cm³/mol. The normalized spacial score (nSPS) is 19.3. The minimum atomic E-state index is -0.531. The first kappa shape index (κ1) is 15.8. The van der Waals surface area contributed by atoms with Gasteiger partial charge in [0.2, 0.25) is 11.8 Å². The van der Waals surface area contributed by atoms with Crippen molar-refractivity contribution in [3.63, 3.8) is 0 Å². The maximum atomic E-state index is 13.5. The summed E-state index contributed by atoms with van der Waals surface area (Å²) in [6.07, 6.45) is 0.814. The van der Waals surface area contributed by atoms with E-state index < -0.39 is 11.9 Å². The maximum absolute atomic E-state index is 13.5. The Labute approximate surface area is 128 Å². The van der Waals surface area contributed by atoms with Crippen molar-refractivity contribution in [2.75, 3.05) is 13.1 Å². The molecular weight excluding hydrogens is 295 g/mol. The minimum absolute atomic E-state index is 0.0435. The van der Waals surface area contributed by atoms with Gasteiger partial charge in [-0.3, -0.25) is 9.59 Å². The van der Waals surface area contributed by atoms with Gasteiger partial charge in [-0.15, -0.1) is 0 Å². The molecule has 1 atom stereocenters. The Morgan fingerprint density at radius 3 is 2.71 bits per heavy atom. The van der Waals surface area contributed by atoms with E-state index in [0.717, 1.165) is 6.42 Å². The number of benzene rings is 1. The molecule has 0 unspecified atom stereocenters. The first-order valence-corrected chi connectivity index (χ1v) is 7.34. The van der Waals surface area contributed by atoms with E-state index in [-0.39, 0.29) is 29.9 Å². The second kappa shape index (κ2) is 6.43. The van der Waals surface area contributed by atoms with Gasteiger partial charge in [0.05, 0.1) is 11.6 Å². The molecule has 0 saturated carbocycles. The smallest absolute Gasteiger partial charge is 0.245 e. The highest BCUT2D eigenvalue weighted by Gasteiger charge is 2.35. The van der Waals surface area contributed by atoms with Crippen LogP contribution in [0.1, 0.15) is 25.8 Å². The van der Waals surface area contributed by atoms with Gasteiger partial charge >= 0.3 is 0 Å². The lowest BCUT2D eigenvalue weighted by atomic mass is 10.1. The largest absolute Gasteiger partial charge is 0.332 e. The van der Waals surface area contributed by atoms with E-state index in [4.69, 9.17) is 11.6 Å². The van der Waals surface area contributed by atoms with E-state index in [1.165, 1.54) is 17.0 Å². The van der Waals surface area contributed by atoms with Gasteiger partial charge in [0.15, 0.2) is 0 Å². The molecule has 2 rings (SSSR count). The average molecular weight is 313 g/mol. The molecule has 114 valence electrons. The van der Waals surface area contributed by atoms with E-state index in [2.05, 4.69) is 0 Å². The SMILES string of the molecule is CCCN1CC(=O)N(Cc2ccc(Cl)c(F)c2)[C@H](C)C1=O.